The van der Waals surface area contributed by atoms with E-state index in [9.17, 15) is 30.7 Å². The van der Waals surface area contributed by atoms with Gasteiger partial charge in [-0.05, 0) is 11.6 Å². The minimum Gasteiger partial charge on any atom is -0.234 e. The van der Waals surface area contributed by atoms with Crippen molar-refractivity contribution in [2.45, 2.75) is 30.3 Å². The molecule has 0 rings (SSSR count). The Morgan fingerprint density at radius 1 is 1.00 bits per heavy atom. The first-order valence-corrected chi connectivity index (χ1v) is 3.25. The first kappa shape index (κ1) is 12.8. The van der Waals surface area contributed by atoms with Gasteiger partial charge >= 0.3 is 11.3 Å². The van der Waals surface area contributed by atoms with Gasteiger partial charge in [0.15, 0.2) is 0 Å². The largest absolute Gasteiger partial charge is 0.387 e. The van der Waals surface area contributed by atoms with Crippen molar-refractivity contribution in [1.29, 1.82) is 0 Å². The van der Waals surface area contributed by atoms with Gasteiger partial charge in [-0.3, -0.25) is 0 Å². The Kier molecular flexibility index (Phi) is 3.13. The van der Waals surface area contributed by atoms with E-state index in [0.29, 0.717) is 0 Å². The van der Waals surface area contributed by atoms with Gasteiger partial charge in [0, 0.05) is 6.92 Å². The van der Waals surface area contributed by atoms with Crippen molar-refractivity contribution in [3.8, 4) is 0 Å². The minimum absolute atomic E-state index is 0.242. The van der Waals surface area contributed by atoms with E-state index >= 15 is 0 Å². The third kappa shape index (κ3) is 2.62. The van der Waals surface area contributed by atoms with Crippen LogP contribution in [0, 0.1) is 0 Å². The van der Waals surface area contributed by atoms with E-state index in [4.69, 9.17) is 0 Å². The van der Waals surface area contributed by atoms with Crippen molar-refractivity contribution in [2.24, 2.45) is 0 Å². The highest BCUT2D eigenvalue weighted by molar-refractivity contribution is 6.22. The maximum Gasteiger partial charge on any atom is 0.387 e. The Bertz CT molecular complexity index is 178. The Hall–Kier alpha value is -0.200. The molecule has 0 bridgehead atoms. The number of halogens is 8. The summed E-state index contributed by atoms with van der Waals surface area (Å²) < 4.78 is 83.5. The predicted octanol–water partition coefficient (Wildman–Crippen LogP) is 3.45. The quantitative estimate of drug-likeness (QED) is 0.516. The first-order chi connectivity index (χ1) is 5.40. The average molecular weight is 233 g/mol. The minimum atomic E-state index is -5.60. The highest BCUT2D eigenvalue weighted by Crippen LogP contribution is 2.45. The maximum atomic E-state index is 12.1. The van der Waals surface area contributed by atoms with Crippen LogP contribution < -0.4 is 0 Å². The third-order valence-electron chi connectivity index (χ3n) is 1.14. The lowest BCUT2D eigenvalue weighted by Gasteiger charge is -2.27. The van der Waals surface area contributed by atoms with Gasteiger partial charge in [-0.2, -0.15) is 17.6 Å². The fourth-order valence-electron chi connectivity index (χ4n) is 0.462. The number of rotatable bonds is 3. The standard InChI is InChI=1S/C5H4ClF7/c1-3(8,9)2(7)4(10,11)5(6,12)13/h2H,1H3. The summed E-state index contributed by atoms with van der Waals surface area (Å²) in [5, 5.41) is -5.34. The van der Waals surface area contributed by atoms with Crippen LogP contribution in [0.5, 0.6) is 0 Å². The summed E-state index contributed by atoms with van der Waals surface area (Å²) in [6.45, 7) is -0.242. The molecule has 0 saturated heterocycles. The summed E-state index contributed by atoms with van der Waals surface area (Å²) in [7, 11) is 0. The van der Waals surface area contributed by atoms with E-state index in [2.05, 4.69) is 11.6 Å². The zero-order valence-electron chi connectivity index (χ0n) is 6.10. The highest BCUT2D eigenvalue weighted by atomic mass is 35.5. The molecule has 0 aliphatic carbocycles. The van der Waals surface area contributed by atoms with E-state index in [0.717, 1.165) is 0 Å². The monoisotopic (exact) mass is 232 g/mol. The molecule has 0 nitrogen and oxygen atoms in total. The number of hydrogen-bond donors (Lipinski definition) is 0. The smallest absolute Gasteiger partial charge is 0.234 e. The zero-order valence-corrected chi connectivity index (χ0v) is 6.86. The molecule has 13 heavy (non-hydrogen) atoms. The Balaban J connectivity index is 4.86. The molecule has 0 N–H and O–H groups in total. The second kappa shape index (κ2) is 3.18. The fraction of sp³-hybridized carbons (Fsp3) is 1.00. The molecule has 0 amide bonds. The topological polar surface area (TPSA) is 0 Å². The molecule has 0 spiro atoms. The second-order valence-corrected chi connectivity index (χ2v) is 2.91. The highest BCUT2D eigenvalue weighted by Gasteiger charge is 2.67. The van der Waals surface area contributed by atoms with Crippen LogP contribution in [-0.4, -0.2) is 23.4 Å². The summed E-state index contributed by atoms with van der Waals surface area (Å²) in [6.07, 6.45) is -4.33. The van der Waals surface area contributed by atoms with Crippen LogP contribution in [0.4, 0.5) is 30.7 Å². The van der Waals surface area contributed by atoms with Crippen molar-refractivity contribution in [2.75, 3.05) is 0 Å². The third-order valence-corrected chi connectivity index (χ3v) is 1.39. The molecule has 1 atom stereocenters. The molecule has 0 aromatic rings. The van der Waals surface area contributed by atoms with E-state index in [1.54, 1.807) is 0 Å². The van der Waals surface area contributed by atoms with Crippen LogP contribution in [0.3, 0.4) is 0 Å². The molecular formula is C5H4ClF7. The number of hydrogen-bond acceptors (Lipinski definition) is 0. The average Bonchev–Trinajstić information content (AvgIpc) is 1.81. The van der Waals surface area contributed by atoms with Crippen LogP contribution in [0.2, 0.25) is 0 Å². The molecule has 0 radical (unpaired) electrons. The molecule has 0 heterocycles. The van der Waals surface area contributed by atoms with Crippen LogP contribution in [-0.2, 0) is 0 Å². The van der Waals surface area contributed by atoms with Crippen molar-refractivity contribution in [3.63, 3.8) is 0 Å². The molecule has 8 heteroatoms. The van der Waals surface area contributed by atoms with E-state index in [1.807, 2.05) is 0 Å². The Morgan fingerprint density at radius 2 is 1.31 bits per heavy atom. The fourth-order valence-corrected chi connectivity index (χ4v) is 0.558. The van der Waals surface area contributed by atoms with Crippen molar-refractivity contribution < 1.29 is 30.7 Å². The van der Waals surface area contributed by atoms with Gasteiger partial charge in [-0.25, -0.2) is 13.2 Å². The van der Waals surface area contributed by atoms with E-state index in [-0.39, 0.29) is 6.92 Å². The lowest BCUT2D eigenvalue weighted by atomic mass is 10.1. The molecule has 0 aromatic carbocycles. The Labute approximate surface area is 73.7 Å². The molecule has 0 fully saturated rings. The second-order valence-electron chi connectivity index (χ2n) is 2.44. The zero-order chi connectivity index (χ0) is 11.1. The van der Waals surface area contributed by atoms with Crippen LogP contribution >= 0.6 is 11.6 Å². The van der Waals surface area contributed by atoms with Crippen molar-refractivity contribution in [1.82, 2.24) is 0 Å². The van der Waals surface area contributed by atoms with E-state index < -0.39 is 23.4 Å². The van der Waals surface area contributed by atoms with Gasteiger partial charge in [-0.1, -0.05) is 0 Å². The van der Waals surface area contributed by atoms with Crippen LogP contribution in [0.15, 0.2) is 0 Å². The van der Waals surface area contributed by atoms with Crippen molar-refractivity contribution >= 4 is 11.6 Å². The van der Waals surface area contributed by atoms with Gasteiger partial charge in [0.2, 0.25) is 6.17 Å². The molecule has 0 aliphatic rings. The molecule has 0 saturated carbocycles. The number of alkyl halides is 8. The SMILES string of the molecule is CC(F)(F)C(F)C(F)(F)C(F)(F)Cl. The predicted molar refractivity (Wildman–Crippen MR) is 31.3 cm³/mol. The van der Waals surface area contributed by atoms with E-state index in [1.165, 1.54) is 0 Å². The van der Waals surface area contributed by atoms with Gasteiger partial charge < -0.3 is 0 Å². The molecule has 1 unspecified atom stereocenters. The van der Waals surface area contributed by atoms with Gasteiger partial charge in [0.1, 0.15) is 0 Å². The molecule has 0 aromatic heterocycles. The van der Waals surface area contributed by atoms with Gasteiger partial charge in [0.25, 0.3) is 5.92 Å². The summed E-state index contributed by atoms with van der Waals surface area (Å²) >= 11 is 3.77. The molecule has 0 aliphatic heterocycles. The molecule has 80 valence electrons. The lowest BCUT2D eigenvalue weighted by Crippen LogP contribution is -2.51. The van der Waals surface area contributed by atoms with Crippen molar-refractivity contribution in [3.05, 3.63) is 0 Å². The summed E-state index contributed by atoms with van der Waals surface area (Å²) in [6, 6.07) is 0. The van der Waals surface area contributed by atoms with Crippen LogP contribution in [0.1, 0.15) is 6.92 Å². The van der Waals surface area contributed by atoms with Gasteiger partial charge in [-0.15, -0.1) is 0 Å². The Morgan fingerprint density at radius 3 is 1.38 bits per heavy atom. The lowest BCUT2D eigenvalue weighted by molar-refractivity contribution is -0.242. The normalized spacial score (nSPS) is 17.3. The summed E-state index contributed by atoms with van der Waals surface area (Å²) in [4.78, 5) is 0. The maximum absolute atomic E-state index is 12.1. The van der Waals surface area contributed by atoms with Gasteiger partial charge in [0.05, 0.1) is 0 Å². The molecular weight excluding hydrogens is 228 g/mol. The first-order valence-electron chi connectivity index (χ1n) is 2.87. The van der Waals surface area contributed by atoms with Crippen LogP contribution in [0.25, 0.3) is 0 Å². The summed E-state index contributed by atoms with van der Waals surface area (Å²) in [5.41, 5.74) is 0. The summed E-state index contributed by atoms with van der Waals surface area (Å²) in [5.74, 6) is -10.2.